The zero-order valence-electron chi connectivity index (χ0n) is 16.2. The van der Waals surface area contributed by atoms with Crippen LogP contribution in [0.3, 0.4) is 0 Å². The van der Waals surface area contributed by atoms with Crippen LogP contribution in [0.5, 0.6) is 0 Å². The summed E-state index contributed by atoms with van der Waals surface area (Å²) >= 11 is 0. The van der Waals surface area contributed by atoms with Crippen molar-refractivity contribution in [3.05, 3.63) is 59.7 Å². The number of pyridine rings is 1. The summed E-state index contributed by atoms with van der Waals surface area (Å²) in [6.45, 7) is 1.20. The first kappa shape index (κ1) is 22.2. The molecular formula is C19H22F3N5O2S. The van der Waals surface area contributed by atoms with E-state index in [0.29, 0.717) is 31.7 Å². The van der Waals surface area contributed by atoms with E-state index in [9.17, 15) is 21.6 Å². The van der Waals surface area contributed by atoms with Crippen molar-refractivity contribution >= 4 is 15.8 Å². The second-order valence-electron chi connectivity index (χ2n) is 6.76. The van der Waals surface area contributed by atoms with Gasteiger partial charge in [-0.15, -0.1) is 0 Å². The Morgan fingerprint density at radius 1 is 1.03 bits per heavy atom. The minimum atomic E-state index is -4.43. The van der Waals surface area contributed by atoms with Gasteiger partial charge in [-0.3, -0.25) is 0 Å². The molecule has 0 radical (unpaired) electrons. The Labute approximate surface area is 173 Å². The second kappa shape index (κ2) is 9.52. The normalized spacial score (nSPS) is 16.3. The van der Waals surface area contributed by atoms with Crippen molar-refractivity contribution in [2.45, 2.75) is 25.4 Å². The molecule has 1 aliphatic heterocycles. The summed E-state index contributed by atoms with van der Waals surface area (Å²) in [6.07, 6.45) is 3.33. The Kier molecular flexibility index (Phi) is 7.03. The number of aryl methyl sites for hydroxylation is 1. The molecule has 0 N–H and O–H groups in total. The summed E-state index contributed by atoms with van der Waals surface area (Å²) in [7, 11) is -3.53. The van der Waals surface area contributed by atoms with Gasteiger partial charge in [-0.05, 0) is 31.0 Å². The van der Waals surface area contributed by atoms with Gasteiger partial charge < -0.3 is 4.90 Å². The van der Waals surface area contributed by atoms with E-state index in [-0.39, 0.29) is 13.1 Å². The number of alkyl halides is 3. The van der Waals surface area contributed by atoms with E-state index in [1.54, 1.807) is 29.4 Å². The van der Waals surface area contributed by atoms with E-state index in [0.717, 1.165) is 24.5 Å². The number of hydrogen-bond acceptors (Lipinski definition) is 6. The van der Waals surface area contributed by atoms with Crippen molar-refractivity contribution in [3.8, 4) is 0 Å². The maximum atomic E-state index is 12.6. The lowest BCUT2D eigenvalue weighted by molar-refractivity contribution is -0.137. The first-order chi connectivity index (χ1) is 14.3. The van der Waals surface area contributed by atoms with Crippen molar-refractivity contribution in [2.75, 3.05) is 31.1 Å². The molecule has 0 atom stereocenters. The molecule has 162 valence electrons. The Bertz CT molecular complexity index is 942. The van der Waals surface area contributed by atoms with E-state index < -0.39 is 21.8 Å². The van der Waals surface area contributed by atoms with Crippen molar-refractivity contribution in [1.82, 2.24) is 19.3 Å². The second-order valence-corrected chi connectivity index (χ2v) is 8.58. The summed E-state index contributed by atoms with van der Waals surface area (Å²) in [4.78, 5) is 13.9. The van der Waals surface area contributed by atoms with Gasteiger partial charge in [0.1, 0.15) is 11.6 Å². The predicted octanol–water partition coefficient (Wildman–Crippen LogP) is 2.88. The van der Waals surface area contributed by atoms with Gasteiger partial charge in [0, 0.05) is 56.6 Å². The number of halogens is 3. The maximum Gasteiger partial charge on any atom is 0.417 e. The van der Waals surface area contributed by atoms with Crippen LogP contribution in [-0.2, 0) is 22.6 Å². The zero-order chi connectivity index (χ0) is 21.6. The highest BCUT2D eigenvalue weighted by Gasteiger charge is 2.31. The summed E-state index contributed by atoms with van der Waals surface area (Å²) in [5.41, 5.74) is -0.809. The SMILES string of the molecule is O=S(=O)(C=CCCCc1ncccn1)N1CCN(c2ccc(C(F)(F)F)cn2)CC1. The molecule has 0 amide bonds. The first-order valence-electron chi connectivity index (χ1n) is 9.46. The standard InChI is InChI=1S/C19H22F3N5O2S/c20-19(21,22)16-6-7-18(25-15-16)26-10-12-27(13-11-26)30(28,29)14-3-1-2-5-17-23-8-4-9-24-17/h3-4,6-9,14-15H,1-2,5,10-13H2. The van der Waals surface area contributed by atoms with Crippen molar-refractivity contribution in [3.63, 3.8) is 0 Å². The molecule has 0 bridgehead atoms. The van der Waals surface area contributed by atoms with E-state index in [1.807, 2.05) is 0 Å². The van der Waals surface area contributed by atoms with Crippen molar-refractivity contribution in [2.24, 2.45) is 0 Å². The number of rotatable bonds is 7. The Morgan fingerprint density at radius 2 is 1.73 bits per heavy atom. The van der Waals surface area contributed by atoms with Gasteiger partial charge in [0.2, 0.25) is 10.0 Å². The van der Waals surface area contributed by atoms with Gasteiger partial charge in [-0.2, -0.15) is 17.5 Å². The zero-order valence-corrected chi connectivity index (χ0v) is 17.0. The first-order valence-corrected chi connectivity index (χ1v) is 11.0. The van der Waals surface area contributed by atoms with E-state index >= 15 is 0 Å². The molecule has 2 aromatic rings. The third-order valence-electron chi connectivity index (χ3n) is 4.66. The molecule has 0 aliphatic carbocycles. The van der Waals surface area contributed by atoms with E-state index in [1.165, 1.54) is 15.8 Å². The number of aromatic nitrogens is 3. The van der Waals surface area contributed by atoms with Gasteiger partial charge >= 0.3 is 6.18 Å². The van der Waals surface area contributed by atoms with Crippen LogP contribution in [-0.4, -0.2) is 53.9 Å². The Hall–Kier alpha value is -2.53. The lowest BCUT2D eigenvalue weighted by Crippen LogP contribution is -2.48. The van der Waals surface area contributed by atoms with Crippen molar-refractivity contribution in [1.29, 1.82) is 0 Å². The Morgan fingerprint density at radius 3 is 2.33 bits per heavy atom. The van der Waals surface area contributed by atoms with Gasteiger partial charge in [-0.1, -0.05) is 6.08 Å². The Balaban J connectivity index is 1.47. The fourth-order valence-corrected chi connectivity index (χ4v) is 4.25. The highest BCUT2D eigenvalue weighted by molar-refractivity contribution is 7.92. The smallest absolute Gasteiger partial charge is 0.354 e. The monoisotopic (exact) mass is 441 g/mol. The molecule has 0 spiro atoms. The number of hydrogen-bond donors (Lipinski definition) is 0. The molecule has 1 fully saturated rings. The number of sulfonamides is 1. The van der Waals surface area contributed by atoms with Crippen LogP contribution in [0.4, 0.5) is 19.0 Å². The number of nitrogens with zero attached hydrogens (tertiary/aromatic N) is 5. The molecule has 0 aromatic carbocycles. The topological polar surface area (TPSA) is 79.3 Å². The van der Waals surface area contributed by atoms with Crippen LogP contribution in [0.1, 0.15) is 24.2 Å². The molecule has 1 aliphatic rings. The molecule has 30 heavy (non-hydrogen) atoms. The van der Waals surface area contributed by atoms with Crippen LogP contribution in [0, 0.1) is 0 Å². The fourth-order valence-electron chi connectivity index (χ4n) is 3.03. The maximum absolute atomic E-state index is 12.6. The molecule has 2 aromatic heterocycles. The van der Waals surface area contributed by atoms with Crippen LogP contribution >= 0.6 is 0 Å². The highest BCUT2D eigenvalue weighted by Crippen LogP contribution is 2.29. The van der Waals surface area contributed by atoms with Crippen LogP contribution < -0.4 is 4.90 Å². The number of anilines is 1. The minimum absolute atomic E-state index is 0.243. The van der Waals surface area contributed by atoms with Gasteiger partial charge in [0.25, 0.3) is 0 Å². The average Bonchev–Trinajstić information content (AvgIpc) is 2.74. The third-order valence-corrected chi connectivity index (χ3v) is 6.28. The lowest BCUT2D eigenvalue weighted by Gasteiger charge is -2.34. The summed E-state index contributed by atoms with van der Waals surface area (Å²) in [5.74, 6) is 1.13. The number of unbranched alkanes of at least 4 members (excludes halogenated alkanes) is 1. The lowest BCUT2D eigenvalue weighted by atomic mass is 10.2. The predicted molar refractivity (Wildman–Crippen MR) is 106 cm³/mol. The third kappa shape index (κ3) is 5.99. The van der Waals surface area contributed by atoms with Crippen LogP contribution in [0.25, 0.3) is 0 Å². The van der Waals surface area contributed by atoms with Crippen molar-refractivity contribution < 1.29 is 21.6 Å². The molecule has 1 saturated heterocycles. The molecular weight excluding hydrogens is 419 g/mol. The van der Waals surface area contributed by atoms with E-state index in [4.69, 9.17) is 0 Å². The number of piperazine rings is 1. The van der Waals surface area contributed by atoms with Gasteiger partial charge in [0.15, 0.2) is 0 Å². The molecule has 3 heterocycles. The summed E-state index contributed by atoms with van der Waals surface area (Å²) in [6, 6.07) is 4.03. The molecule has 11 heteroatoms. The fraction of sp³-hybridized carbons (Fsp3) is 0.421. The quantitative estimate of drug-likeness (QED) is 0.615. The highest BCUT2D eigenvalue weighted by atomic mass is 32.2. The summed E-state index contributed by atoms with van der Waals surface area (Å²) < 4.78 is 64.2. The molecule has 0 unspecified atom stereocenters. The van der Waals surface area contributed by atoms with Crippen LogP contribution in [0.15, 0.2) is 48.3 Å². The summed E-state index contributed by atoms with van der Waals surface area (Å²) in [5, 5.41) is 1.21. The largest absolute Gasteiger partial charge is 0.417 e. The minimum Gasteiger partial charge on any atom is -0.354 e. The number of allylic oxidation sites excluding steroid dienone is 1. The molecule has 7 nitrogen and oxygen atoms in total. The van der Waals surface area contributed by atoms with Gasteiger partial charge in [0.05, 0.1) is 5.56 Å². The molecule has 3 rings (SSSR count). The van der Waals surface area contributed by atoms with E-state index in [2.05, 4.69) is 15.0 Å². The van der Waals surface area contributed by atoms with Crippen LogP contribution in [0.2, 0.25) is 0 Å². The van der Waals surface area contributed by atoms with Gasteiger partial charge in [-0.25, -0.2) is 23.4 Å². The average molecular weight is 441 g/mol. The molecule has 0 saturated carbocycles.